The second-order valence-electron chi connectivity index (χ2n) is 9.22. The molecule has 1 aromatic heterocycles. The molecule has 1 saturated heterocycles. The van der Waals surface area contributed by atoms with E-state index in [1.54, 1.807) is 13.4 Å². The average Bonchev–Trinajstić information content (AvgIpc) is 3.35. The SMILES string of the molecule is COCCCc1ccccc1-c1ccc(C2CNCCC2C=C2CC=Cc3[nH]cnc32)c(Cl)c1. The lowest BCUT2D eigenvalue weighted by molar-refractivity contribution is 0.195. The summed E-state index contributed by atoms with van der Waals surface area (Å²) >= 11 is 6.97. The summed E-state index contributed by atoms with van der Waals surface area (Å²) in [6, 6.07) is 15.3. The molecule has 2 atom stereocenters. The van der Waals surface area contributed by atoms with E-state index in [0.717, 1.165) is 61.8 Å². The van der Waals surface area contributed by atoms with Crippen LogP contribution in [0.5, 0.6) is 0 Å². The molecule has 0 radical (unpaired) electrons. The molecule has 0 bridgehead atoms. The number of ether oxygens (including phenoxy) is 1. The Labute approximate surface area is 207 Å². The number of rotatable bonds is 7. The number of imidazole rings is 1. The van der Waals surface area contributed by atoms with Gasteiger partial charge in [0.25, 0.3) is 0 Å². The molecule has 2 unspecified atom stereocenters. The zero-order chi connectivity index (χ0) is 23.3. The maximum absolute atomic E-state index is 6.97. The van der Waals surface area contributed by atoms with Crippen molar-refractivity contribution < 1.29 is 4.74 Å². The minimum atomic E-state index is 0.341. The van der Waals surface area contributed by atoms with Gasteiger partial charge in [-0.1, -0.05) is 60.2 Å². The van der Waals surface area contributed by atoms with Gasteiger partial charge in [-0.15, -0.1) is 0 Å². The smallest absolute Gasteiger partial charge is 0.0931 e. The number of H-pyrrole nitrogens is 1. The first kappa shape index (κ1) is 23.1. The zero-order valence-corrected chi connectivity index (χ0v) is 20.4. The second kappa shape index (κ2) is 10.7. The van der Waals surface area contributed by atoms with E-state index < -0.39 is 0 Å². The van der Waals surface area contributed by atoms with E-state index in [4.69, 9.17) is 16.3 Å². The van der Waals surface area contributed by atoms with Crippen LogP contribution in [0, 0.1) is 5.92 Å². The Morgan fingerprint density at radius 2 is 2.12 bits per heavy atom. The molecule has 1 aliphatic heterocycles. The molecule has 3 aromatic rings. The number of benzene rings is 2. The van der Waals surface area contributed by atoms with Gasteiger partial charge in [-0.05, 0) is 78.1 Å². The minimum absolute atomic E-state index is 0.341. The molecular weight excluding hydrogens is 442 g/mol. The number of methoxy groups -OCH3 is 1. The van der Waals surface area contributed by atoms with Gasteiger partial charge in [-0.3, -0.25) is 0 Å². The molecular formula is C29H32ClN3O. The summed E-state index contributed by atoms with van der Waals surface area (Å²) in [6.07, 6.45) is 12.6. The van der Waals surface area contributed by atoms with Crippen molar-refractivity contribution in [2.75, 3.05) is 26.8 Å². The van der Waals surface area contributed by atoms with E-state index in [1.807, 2.05) is 0 Å². The lowest BCUT2D eigenvalue weighted by Crippen LogP contribution is -2.34. The topological polar surface area (TPSA) is 49.9 Å². The molecule has 2 N–H and O–H groups in total. The van der Waals surface area contributed by atoms with E-state index in [1.165, 1.54) is 27.8 Å². The van der Waals surface area contributed by atoms with Crippen molar-refractivity contribution >= 4 is 23.3 Å². The fourth-order valence-corrected chi connectivity index (χ4v) is 5.65. The molecule has 4 nitrogen and oxygen atoms in total. The number of aromatic amines is 1. The number of nitrogens with one attached hydrogen (secondary N) is 2. The van der Waals surface area contributed by atoms with Crippen molar-refractivity contribution in [3.05, 3.63) is 88.5 Å². The van der Waals surface area contributed by atoms with Crippen LogP contribution in [0.2, 0.25) is 5.02 Å². The number of nitrogens with zero attached hydrogens (tertiary/aromatic N) is 1. The third kappa shape index (κ3) is 4.90. The van der Waals surface area contributed by atoms with Crippen LogP contribution < -0.4 is 5.32 Å². The van der Waals surface area contributed by atoms with Crippen molar-refractivity contribution in [1.29, 1.82) is 0 Å². The van der Waals surface area contributed by atoms with Crippen molar-refractivity contribution in [1.82, 2.24) is 15.3 Å². The maximum atomic E-state index is 6.97. The van der Waals surface area contributed by atoms with Crippen LogP contribution in [-0.4, -0.2) is 36.8 Å². The zero-order valence-electron chi connectivity index (χ0n) is 19.7. The molecule has 5 rings (SSSR count). The number of halogens is 1. The number of piperidine rings is 1. The summed E-state index contributed by atoms with van der Waals surface area (Å²) in [5, 5.41) is 4.44. The summed E-state index contributed by atoms with van der Waals surface area (Å²) in [6.45, 7) is 2.73. The first-order valence-corrected chi connectivity index (χ1v) is 12.6. The number of fused-ring (bicyclic) bond motifs is 1. The van der Waals surface area contributed by atoms with Crippen LogP contribution in [0.4, 0.5) is 0 Å². The molecule has 2 aromatic carbocycles. The van der Waals surface area contributed by atoms with E-state index in [-0.39, 0.29) is 0 Å². The molecule has 34 heavy (non-hydrogen) atoms. The summed E-state index contributed by atoms with van der Waals surface area (Å²) in [5.41, 5.74) is 8.51. The lowest BCUT2D eigenvalue weighted by atomic mass is 9.79. The Morgan fingerprint density at radius 1 is 1.21 bits per heavy atom. The lowest BCUT2D eigenvalue weighted by Gasteiger charge is -2.32. The number of aryl methyl sites for hydroxylation is 1. The Bertz CT molecular complexity index is 1200. The van der Waals surface area contributed by atoms with Crippen molar-refractivity contribution in [2.45, 2.75) is 31.6 Å². The van der Waals surface area contributed by atoms with Gasteiger partial charge in [-0.25, -0.2) is 4.98 Å². The van der Waals surface area contributed by atoms with E-state index in [9.17, 15) is 0 Å². The van der Waals surface area contributed by atoms with Crippen LogP contribution >= 0.6 is 11.6 Å². The minimum Gasteiger partial charge on any atom is -0.385 e. The fraction of sp³-hybridized carbons (Fsp3) is 0.345. The summed E-state index contributed by atoms with van der Waals surface area (Å²) < 4.78 is 5.25. The highest BCUT2D eigenvalue weighted by Crippen LogP contribution is 2.39. The van der Waals surface area contributed by atoms with Crippen molar-refractivity contribution in [3.8, 4) is 11.1 Å². The van der Waals surface area contributed by atoms with Crippen LogP contribution in [0.15, 0.2) is 60.9 Å². The first-order chi connectivity index (χ1) is 16.7. The monoisotopic (exact) mass is 473 g/mol. The second-order valence-corrected chi connectivity index (χ2v) is 9.62. The largest absolute Gasteiger partial charge is 0.385 e. The molecule has 0 amide bonds. The number of hydrogen-bond acceptors (Lipinski definition) is 3. The fourth-order valence-electron chi connectivity index (χ4n) is 5.33. The Hall–Kier alpha value is -2.66. The highest BCUT2D eigenvalue weighted by molar-refractivity contribution is 6.31. The number of aromatic nitrogens is 2. The third-order valence-electron chi connectivity index (χ3n) is 7.07. The highest BCUT2D eigenvalue weighted by atomic mass is 35.5. The van der Waals surface area contributed by atoms with Gasteiger partial charge in [0.05, 0.1) is 17.7 Å². The van der Waals surface area contributed by atoms with Gasteiger partial charge in [0, 0.05) is 31.2 Å². The molecule has 0 spiro atoms. The molecule has 176 valence electrons. The molecule has 1 aliphatic carbocycles. The molecule has 2 heterocycles. The highest BCUT2D eigenvalue weighted by Gasteiger charge is 2.28. The predicted octanol–water partition coefficient (Wildman–Crippen LogP) is 6.50. The number of allylic oxidation sites excluding steroid dienone is 3. The third-order valence-corrected chi connectivity index (χ3v) is 7.40. The Kier molecular flexibility index (Phi) is 7.29. The quantitative estimate of drug-likeness (QED) is 0.385. The Balaban J connectivity index is 1.42. The van der Waals surface area contributed by atoms with Crippen molar-refractivity contribution in [2.24, 2.45) is 5.92 Å². The average molecular weight is 474 g/mol. The van der Waals surface area contributed by atoms with Gasteiger partial charge >= 0.3 is 0 Å². The van der Waals surface area contributed by atoms with Crippen LogP contribution in [0.25, 0.3) is 22.8 Å². The van der Waals surface area contributed by atoms with Crippen LogP contribution in [0.3, 0.4) is 0 Å². The van der Waals surface area contributed by atoms with Gasteiger partial charge < -0.3 is 15.0 Å². The van der Waals surface area contributed by atoms with Crippen molar-refractivity contribution in [3.63, 3.8) is 0 Å². The Morgan fingerprint density at radius 3 is 3.00 bits per heavy atom. The summed E-state index contributed by atoms with van der Waals surface area (Å²) in [7, 11) is 1.76. The predicted molar refractivity (Wildman–Crippen MR) is 141 cm³/mol. The molecule has 5 heteroatoms. The molecule has 1 fully saturated rings. The summed E-state index contributed by atoms with van der Waals surface area (Å²) in [4.78, 5) is 7.81. The number of hydrogen-bond donors (Lipinski definition) is 2. The van der Waals surface area contributed by atoms with Crippen LogP contribution in [-0.2, 0) is 11.2 Å². The van der Waals surface area contributed by atoms with Gasteiger partial charge in [-0.2, -0.15) is 0 Å². The van der Waals surface area contributed by atoms with Gasteiger partial charge in [0.15, 0.2) is 0 Å². The van der Waals surface area contributed by atoms with E-state index in [0.29, 0.717) is 11.8 Å². The first-order valence-electron chi connectivity index (χ1n) is 12.2. The van der Waals surface area contributed by atoms with E-state index >= 15 is 0 Å². The molecule has 2 aliphatic rings. The van der Waals surface area contributed by atoms with Crippen LogP contribution in [0.1, 0.15) is 47.7 Å². The van der Waals surface area contributed by atoms with Gasteiger partial charge in [0.1, 0.15) is 0 Å². The van der Waals surface area contributed by atoms with Gasteiger partial charge in [0.2, 0.25) is 0 Å². The molecule has 0 saturated carbocycles. The maximum Gasteiger partial charge on any atom is 0.0931 e. The summed E-state index contributed by atoms with van der Waals surface area (Å²) in [5.74, 6) is 0.769. The standard InChI is InChI=1S/C29H32ClN3O/c1-34-15-5-8-20-6-2-3-9-24(20)21-11-12-25(27(30)17-21)26-18-31-14-13-22(26)16-23-7-4-10-28-29(23)33-19-32-28/h2-4,6,9-12,16-17,19,22,26,31H,5,7-8,13-15,18H2,1H3,(H,32,33). The normalized spacial score (nSPS) is 21.1. The van der Waals surface area contributed by atoms with E-state index in [2.05, 4.69) is 76.0 Å².